The SMILES string of the molecule is Nc1[nH]c(=O)c(C(=O)O)c(-c2ccc(F)c(Cl)c2)c1C(=O)O. The fraction of sp³-hybridized carbons (Fsp3) is 0. The first-order chi connectivity index (χ1) is 10.2. The summed E-state index contributed by atoms with van der Waals surface area (Å²) in [7, 11) is 0. The van der Waals surface area contributed by atoms with Crippen molar-refractivity contribution in [2.45, 2.75) is 0 Å². The van der Waals surface area contributed by atoms with Crippen LogP contribution < -0.4 is 11.3 Å². The van der Waals surface area contributed by atoms with Gasteiger partial charge >= 0.3 is 11.9 Å². The van der Waals surface area contributed by atoms with Gasteiger partial charge in [-0.15, -0.1) is 0 Å². The molecule has 0 unspecified atom stereocenters. The second-order valence-corrected chi connectivity index (χ2v) is 4.64. The molecule has 2 aromatic rings. The molecule has 0 radical (unpaired) electrons. The average Bonchev–Trinajstić information content (AvgIpc) is 2.39. The van der Waals surface area contributed by atoms with Gasteiger partial charge in [-0.05, 0) is 17.7 Å². The molecular formula is C13H8ClFN2O5. The van der Waals surface area contributed by atoms with E-state index in [1.54, 1.807) is 0 Å². The van der Waals surface area contributed by atoms with E-state index in [0.717, 1.165) is 18.2 Å². The number of H-pyrrole nitrogens is 1. The average molecular weight is 327 g/mol. The monoisotopic (exact) mass is 326 g/mol. The molecule has 1 aromatic heterocycles. The summed E-state index contributed by atoms with van der Waals surface area (Å²) in [5, 5.41) is 18.0. The lowest BCUT2D eigenvalue weighted by Crippen LogP contribution is -2.24. The van der Waals surface area contributed by atoms with Crippen molar-refractivity contribution in [3.05, 3.63) is 50.5 Å². The summed E-state index contributed by atoms with van der Waals surface area (Å²) < 4.78 is 13.2. The minimum Gasteiger partial charge on any atom is -0.478 e. The van der Waals surface area contributed by atoms with Crippen molar-refractivity contribution < 1.29 is 24.2 Å². The zero-order chi connectivity index (χ0) is 16.6. The zero-order valence-corrected chi connectivity index (χ0v) is 11.4. The number of nitrogens with two attached hydrogens (primary N) is 1. The van der Waals surface area contributed by atoms with Gasteiger partial charge in [-0.25, -0.2) is 14.0 Å². The van der Waals surface area contributed by atoms with Gasteiger partial charge in [-0.1, -0.05) is 17.7 Å². The first-order valence-corrected chi connectivity index (χ1v) is 6.09. The molecule has 22 heavy (non-hydrogen) atoms. The summed E-state index contributed by atoms with van der Waals surface area (Å²) in [5.41, 5.74) is 2.45. The quantitative estimate of drug-likeness (QED) is 0.679. The number of benzene rings is 1. The van der Waals surface area contributed by atoms with Crippen molar-refractivity contribution in [3.8, 4) is 11.1 Å². The number of rotatable bonds is 3. The van der Waals surface area contributed by atoms with E-state index in [1.165, 1.54) is 0 Å². The Labute approximate surface area is 126 Å². The van der Waals surface area contributed by atoms with Crippen LogP contribution in [0.1, 0.15) is 20.7 Å². The van der Waals surface area contributed by atoms with Gasteiger partial charge < -0.3 is 20.9 Å². The fourth-order valence-corrected chi connectivity index (χ4v) is 2.17. The lowest BCUT2D eigenvalue weighted by Gasteiger charge is -2.12. The van der Waals surface area contributed by atoms with Gasteiger partial charge in [0.2, 0.25) is 0 Å². The van der Waals surface area contributed by atoms with Crippen molar-refractivity contribution in [1.82, 2.24) is 4.98 Å². The van der Waals surface area contributed by atoms with Crippen LogP contribution in [-0.2, 0) is 0 Å². The third-order valence-electron chi connectivity index (χ3n) is 2.88. The summed E-state index contributed by atoms with van der Waals surface area (Å²) in [5.74, 6) is -4.50. The van der Waals surface area contributed by atoms with Gasteiger partial charge in [0.25, 0.3) is 5.56 Å². The molecule has 1 aromatic carbocycles. The predicted molar refractivity (Wildman–Crippen MR) is 75.8 cm³/mol. The molecular weight excluding hydrogens is 319 g/mol. The van der Waals surface area contributed by atoms with Crippen LogP contribution in [0.3, 0.4) is 0 Å². The van der Waals surface area contributed by atoms with Gasteiger partial charge in [-0.3, -0.25) is 4.79 Å². The molecule has 0 aliphatic heterocycles. The maximum atomic E-state index is 13.2. The Hall–Kier alpha value is -2.87. The van der Waals surface area contributed by atoms with E-state index < -0.39 is 45.8 Å². The molecule has 0 atom stereocenters. The number of aromatic amines is 1. The second-order valence-electron chi connectivity index (χ2n) is 4.23. The number of carboxylic acid groups (broad SMARTS) is 2. The molecule has 0 spiro atoms. The van der Waals surface area contributed by atoms with Crippen LogP contribution in [0, 0.1) is 5.82 Å². The molecule has 114 valence electrons. The molecule has 2 rings (SSSR count). The molecule has 0 aliphatic rings. The van der Waals surface area contributed by atoms with Crippen LogP contribution in [0.15, 0.2) is 23.0 Å². The standard InChI is InChI=1S/C13H8ClFN2O5/c14-5-3-4(1-2-6(5)15)7-8(12(19)20)10(16)17-11(18)9(7)13(21)22/h1-3H,(H,19,20)(H,21,22)(H3,16,17,18). The Morgan fingerprint density at radius 1 is 1.18 bits per heavy atom. The maximum absolute atomic E-state index is 13.2. The van der Waals surface area contributed by atoms with Crippen molar-refractivity contribution in [2.75, 3.05) is 5.73 Å². The predicted octanol–water partition coefficient (Wildman–Crippen LogP) is 1.81. The summed E-state index contributed by atoms with van der Waals surface area (Å²) >= 11 is 5.62. The van der Waals surface area contributed by atoms with E-state index in [0.29, 0.717) is 0 Å². The third kappa shape index (κ3) is 2.51. The van der Waals surface area contributed by atoms with Crippen LogP contribution in [0.4, 0.5) is 10.2 Å². The molecule has 0 bridgehead atoms. The number of pyridine rings is 1. The molecule has 9 heteroatoms. The molecule has 0 saturated carbocycles. The van der Waals surface area contributed by atoms with Crippen molar-refractivity contribution in [1.29, 1.82) is 0 Å². The molecule has 0 fully saturated rings. The highest BCUT2D eigenvalue weighted by atomic mass is 35.5. The van der Waals surface area contributed by atoms with Gasteiger partial charge in [-0.2, -0.15) is 0 Å². The van der Waals surface area contributed by atoms with Crippen LogP contribution in [0.2, 0.25) is 5.02 Å². The molecule has 1 heterocycles. The van der Waals surface area contributed by atoms with Crippen LogP contribution >= 0.6 is 11.6 Å². The van der Waals surface area contributed by atoms with E-state index >= 15 is 0 Å². The number of halogens is 2. The highest BCUT2D eigenvalue weighted by Gasteiger charge is 2.26. The Bertz CT molecular complexity index is 862. The van der Waals surface area contributed by atoms with E-state index in [-0.39, 0.29) is 10.6 Å². The lowest BCUT2D eigenvalue weighted by molar-refractivity contribution is 0.0695. The maximum Gasteiger partial charge on any atom is 0.342 e. The number of nitrogens with one attached hydrogen (secondary N) is 1. The van der Waals surface area contributed by atoms with Gasteiger partial charge in [0.05, 0.1) is 5.02 Å². The molecule has 7 nitrogen and oxygen atoms in total. The highest BCUT2D eigenvalue weighted by molar-refractivity contribution is 6.31. The Morgan fingerprint density at radius 3 is 2.27 bits per heavy atom. The van der Waals surface area contributed by atoms with Crippen molar-refractivity contribution in [2.24, 2.45) is 0 Å². The van der Waals surface area contributed by atoms with E-state index in [1.807, 2.05) is 4.98 Å². The normalized spacial score (nSPS) is 10.5. The van der Waals surface area contributed by atoms with E-state index in [4.69, 9.17) is 22.4 Å². The number of carboxylic acids is 2. The molecule has 0 amide bonds. The molecule has 5 N–H and O–H groups in total. The number of anilines is 1. The Balaban J connectivity index is 2.98. The van der Waals surface area contributed by atoms with Crippen molar-refractivity contribution in [3.63, 3.8) is 0 Å². The fourth-order valence-electron chi connectivity index (χ4n) is 1.99. The van der Waals surface area contributed by atoms with Crippen LogP contribution in [0.25, 0.3) is 11.1 Å². The number of aromatic carboxylic acids is 2. The van der Waals surface area contributed by atoms with Crippen LogP contribution in [0.5, 0.6) is 0 Å². The van der Waals surface area contributed by atoms with Gasteiger partial charge in [0.1, 0.15) is 22.8 Å². The largest absolute Gasteiger partial charge is 0.478 e. The number of hydrogen-bond donors (Lipinski definition) is 4. The minimum absolute atomic E-state index is 0.0565. The first kappa shape index (κ1) is 15.5. The Kier molecular flexibility index (Phi) is 3.87. The Morgan fingerprint density at radius 2 is 1.77 bits per heavy atom. The number of nitrogen functional groups attached to an aromatic ring is 1. The molecule has 0 aliphatic carbocycles. The summed E-state index contributed by atoms with van der Waals surface area (Å²) in [4.78, 5) is 36.4. The topological polar surface area (TPSA) is 133 Å². The summed E-state index contributed by atoms with van der Waals surface area (Å²) in [6, 6.07) is 3.05. The van der Waals surface area contributed by atoms with E-state index in [9.17, 15) is 23.9 Å². The summed E-state index contributed by atoms with van der Waals surface area (Å²) in [6.45, 7) is 0. The third-order valence-corrected chi connectivity index (χ3v) is 3.17. The zero-order valence-electron chi connectivity index (χ0n) is 10.7. The van der Waals surface area contributed by atoms with Gasteiger partial charge in [0.15, 0.2) is 0 Å². The summed E-state index contributed by atoms with van der Waals surface area (Å²) in [6.07, 6.45) is 0. The van der Waals surface area contributed by atoms with E-state index in [2.05, 4.69) is 0 Å². The number of hydrogen-bond acceptors (Lipinski definition) is 4. The second kappa shape index (κ2) is 5.49. The number of aromatic nitrogens is 1. The van der Waals surface area contributed by atoms with Crippen molar-refractivity contribution >= 4 is 29.4 Å². The highest BCUT2D eigenvalue weighted by Crippen LogP contribution is 2.31. The number of carbonyl (C=O) groups is 2. The smallest absolute Gasteiger partial charge is 0.342 e. The molecule has 0 saturated heterocycles. The lowest BCUT2D eigenvalue weighted by atomic mass is 9.95. The first-order valence-electron chi connectivity index (χ1n) is 5.71. The minimum atomic E-state index is -1.65. The van der Waals surface area contributed by atoms with Crippen LogP contribution in [-0.4, -0.2) is 27.1 Å². The van der Waals surface area contributed by atoms with Gasteiger partial charge in [0, 0.05) is 5.56 Å².